The molecule has 0 aromatic rings. The second kappa shape index (κ2) is 6.83. The maximum atomic E-state index is 11.6. The van der Waals surface area contributed by atoms with E-state index in [9.17, 15) is 9.59 Å². The van der Waals surface area contributed by atoms with E-state index >= 15 is 0 Å². The summed E-state index contributed by atoms with van der Waals surface area (Å²) in [6.07, 6.45) is 3.40. The summed E-state index contributed by atoms with van der Waals surface area (Å²) < 4.78 is 9.82. The lowest BCUT2D eigenvalue weighted by atomic mass is 10.1. The summed E-state index contributed by atoms with van der Waals surface area (Å²) >= 11 is 0. The van der Waals surface area contributed by atoms with Crippen molar-refractivity contribution in [2.45, 2.75) is 20.8 Å². The van der Waals surface area contributed by atoms with E-state index in [4.69, 9.17) is 9.47 Å². The van der Waals surface area contributed by atoms with E-state index in [1.807, 2.05) is 6.92 Å². The lowest BCUT2D eigenvalue weighted by Gasteiger charge is -2.24. The van der Waals surface area contributed by atoms with Gasteiger partial charge in [-0.25, -0.2) is 4.79 Å². The smallest absolute Gasteiger partial charge is 0.338 e. The van der Waals surface area contributed by atoms with E-state index in [1.165, 1.54) is 0 Å². The van der Waals surface area contributed by atoms with Crippen molar-refractivity contribution in [3.63, 3.8) is 0 Å². The standard InChI is InChI=1S/C13H19NO4/c1-4-17-12(15)9-14-7-6-11(10(3)8-14)13(16)18-5-2/h6-7H,4-5,8-9H2,1-3H3. The van der Waals surface area contributed by atoms with Crippen LogP contribution in [0.25, 0.3) is 0 Å². The van der Waals surface area contributed by atoms with E-state index in [-0.39, 0.29) is 18.5 Å². The minimum absolute atomic E-state index is 0.192. The third kappa shape index (κ3) is 3.91. The van der Waals surface area contributed by atoms with Crippen molar-refractivity contribution in [1.29, 1.82) is 0 Å². The predicted octanol–water partition coefficient (Wildman–Crippen LogP) is 1.26. The first-order valence-electron chi connectivity index (χ1n) is 6.03. The van der Waals surface area contributed by atoms with Crippen LogP contribution in [0.5, 0.6) is 0 Å². The van der Waals surface area contributed by atoms with Gasteiger partial charge < -0.3 is 14.4 Å². The zero-order valence-electron chi connectivity index (χ0n) is 11.1. The normalized spacial score (nSPS) is 14.7. The Morgan fingerprint density at radius 1 is 1.28 bits per heavy atom. The topological polar surface area (TPSA) is 55.8 Å². The molecule has 0 saturated carbocycles. The summed E-state index contributed by atoms with van der Waals surface area (Å²) in [6, 6.07) is 0. The van der Waals surface area contributed by atoms with Crippen molar-refractivity contribution in [3.05, 3.63) is 23.4 Å². The number of esters is 2. The van der Waals surface area contributed by atoms with Gasteiger partial charge in [0, 0.05) is 12.7 Å². The van der Waals surface area contributed by atoms with Crippen LogP contribution in [0.2, 0.25) is 0 Å². The fraction of sp³-hybridized carbons (Fsp3) is 0.538. The molecule has 0 aromatic heterocycles. The van der Waals surface area contributed by atoms with Crippen LogP contribution < -0.4 is 0 Å². The number of nitrogens with zero attached hydrogens (tertiary/aromatic N) is 1. The molecule has 5 nitrogen and oxygen atoms in total. The highest BCUT2D eigenvalue weighted by Gasteiger charge is 2.18. The van der Waals surface area contributed by atoms with Crippen LogP contribution in [0.1, 0.15) is 20.8 Å². The van der Waals surface area contributed by atoms with E-state index in [0.717, 1.165) is 5.57 Å². The average molecular weight is 253 g/mol. The van der Waals surface area contributed by atoms with Gasteiger partial charge in [0.25, 0.3) is 0 Å². The zero-order chi connectivity index (χ0) is 13.5. The molecule has 1 heterocycles. The maximum Gasteiger partial charge on any atom is 0.338 e. The van der Waals surface area contributed by atoms with E-state index in [0.29, 0.717) is 25.3 Å². The SMILES string of the molecule is CCOC(=O)CN1C=CC(C(=O)OCC)=C(C)C1. The molecule has 0 N–H and O–H groups in total. The minimum atomic E-state index is -0.318. The van der Waals surface area contributed by atoms with Gasteiger partial charge in [0.2, 0.25) is 0 Å². The number of carbonyl (C=O) groups excluding carboxylic acids is 2. The van der Waals surface area contributed by atoms with Gasteiger partial charge in [-0.2, -0.15) is 0 Å². The Bertz CT molecular complexity index is 384. The number of rotatable bonds is 5. The zero-order valence-corrected chi connectivity index (χ0v) is 11.1. The summed E-state index contributed by atoms with van der Waals surface area (Å²) in [5.74, 6) is -0.587. The first-order valence-corrected chi connectivity index (χ1v) is 6.03. The van der Waals surface area contributed by atoms with E-state index in [2.05, 4.69) is 0 Å². The Labute approximate surface area is 107 Å². The highest BCUT2D eigenvalue weighted by atomic mass is 16.5. The molecule has 0 saturated heterocycles. The lowest BCUT2D eigenvalue weighted by molar-refractivity contribution is -0.143. The van der Waals surface area contributed by atoms with Crippen molar-refractivity contribution in [3.8, 4) is 0 Å². The molecule has 0 amide bonds. The van der Waals surface area contributed by atoms with Crippen LogP contribution in [0.3, 0.4) is 0 Å². The number of carbonyl (C=O) groups is 2. The average Bonchev–Trinajstić information content (AvgIpc) is 2.29. The maximum absolute atomic E-state index is 11.6. The fourth-order valence-corrected chi connectivity index (χ4v) is 1.70. The van der Waals surface area contributed by atoms with Crippen molar-refractivity contribution < 1.29 is 19.1 Å². The Kier molecular flexibility index (Phi) is 5.42. The largest absolute Gasteiger partial charge is 0.465 e. The first kappa shape index (κ1) is 14.3. The van der Waals surface area contributed by atoms with Crippen LogP contribution in [0.15, 0.2) is 23.4 Å². The predicted molar refractivity (Wildman–Crippen MR) is 66.7 cm³/mol. The second-order valence-electron chi connectivity index (χ2n) is 3.94. The molecular formula is C13H19NO4. The van der Waals surface area contributed by atoms with Gasteiger partial charge in [-0.3, -0.25) is 4.79 Å². The minimum Gasteiger partial charge on any atom is -0.465 e. The Hall–Kier alpha value is -1.78. The molecule has 1 aliphatic heterocycles. The molecule has 0 radical (unpaired) electrons. The molecule has 0 spiro atoms. The van der Waals surface area contributed by atoms with Gasteiger partial charge in [0.15, 0.2) is 0 Å². The quantitative estimate of drug-likeness (QED) is 0.690. The van der Waals surface area contributed by atoms with Crippen molar-refractivity contribution in [2.75, 3.05) is 26.3 Å². The molecule has 0 bridgehead atoms. The number of hydrogen-bond acceptors (Lipinski definition) is 5. The van der Waals surface area contributed by atoms with Gasteiger partial charge in [-0.15, -0.1) is 0 Å². The van der Waals surface area contributed by atoms with Gasteiger partial charge in [-0.05, 0) is 32.4 Å². The first-order chi connectivity index (χ1) is 8.58. The van der Waals surface area contributed by atoms with Crippen LogP contribution in [0.4, 0.5) is 0 Å². The molecule has 0 aliphatic carbocycles. The summed E-state index contributed by atoms with van der Waals surface area (Å²) in [7, 11) is 0. The third-order valence-corrected chi connectivity index (χ3v) is 2.48. The second-order valence-corrected chi connectivity index (χ2v) is 3.94. The van der Waals surface area contributed by atoms with Crippen molar-refractivity contribution in [1.82, 2.24) is 4.90 Å². The van der Waals surface area contributed by atoms with Crippen LogP contribution in [-0.2, 0) is 19.1 Å². The Morgan fingerprint density at radius 2 is 1.94 bits per heavy atom. The monoisotopic (exact) mass is 253 g/mol. The molecule has 1 aliphatic rings. The van der Waals surface area contributed by atoms with Crippen molar-refractivity contribution in [2.24, 2.45) is 0 Å². The summed E-state index contributed by atoms with van der Waals surface area (Å²) in [5, 5.41) is 0. The van der Waals surface area contributed by atoms with Crippen LogP contribution in [0, 0.1) is 0 Å². The van der Waals surface area contributed by atoms with Gasteiger partial charge in [0.1, 0.15) is 6.54 Å². The van der Waals surface area contributed by atoms with Gasteiger partial charge in [0.05, 0.1) is 18.8 Å². The molecule has 100 valence electrons. The molecule has 1 rings (SSSR count). The fourth-order valence-electron chi connectivity index (χ4n) is 1.70. The third-order valence-electron chi connectivity index (χ3n) is 2.48. The molecule has 5 heteroatoms. The molecule has 0 atom stereocenters. The van der Waals surface area contributed by atoms with E-state index in [1.54, 1.807) is 31.0 Å². The molecule has 18 heavy (non-hydrogen) atoms. The lowest BCUT2D eigenvalue weighted by Crippen LogP contribution is -2.31. The summed E-state index contributed by atoms with van der Waals surface area (Å²) in [4.78, 5) is 24.7. The molecule has 0 fully saturated rings. The van der Waals surface area contributed by atoms with Gasteiger partial charge in [-0.1, -0.05) is 0 Å². The number of ether oxygens (including phenoxy) is 2. The summed E-state index contributed by atoms with van der Waals surface area (Å²) in [5.41, 5.74) is 1.46. The molecular weight excluding hydrogens is 234 g/mol. The highest BCUT2D eigenvalue weighted by molar-refractivity contribution is 5.92. The molecule has 0 unspecified atom stereocenters. The summed E-state index contributed by atoms with van der Waals surface area (Å²) in [6.45, 7) is 6.85. The van der Waals surface area contributed by atoms with Crippen molar-refractivity contribution >= 4 is 11.9 Å². The van der Waals surface area contributed by atoms with Crippen LogP contribution >= 0.6 is 0 Å². The van der Waals surface area contributed by atoms with E-state index < -0.39 is 0 Å². The Balaban J connectivity index is 2.58. The molecule has 0 aromatic carbocycles. The van der Waals surface area contributed by atoms with Gasteiger partial charge >= 0.3 is 11.9 Å². The highest BCUT2D eigenvalue weighted by Crippen LogP contribution is 2.16. The van der Waals surface area contributed by atoms with Crippen LogP contribution in [-0.4, -0.2) is 43.1 Å². The Morgan fingerprint density at radius 3 is 2.50 bits per heavy atom. The number of hydrogen-bond donors (Lipinski definition) is 0.